The Kier molecular flexibility index (Phi) is 13.3. The quantitative estimate of drug-likeness (QED) is 0.752. The van der Waals surface area contributed by atoms with E-state index in [1.807, 2.05) is 24.3 Å². The molecule has 0 aliphatic carbocycles. The maximum Gasteiger partial charge on any atom is 2.00 e. The van der Waals surface area contributed by atoms with Gasteiger partial charge in [-0.25, -0.2) is 0 Å². The van der Waals surface area contributed by atoms with E-state index in [9.17, 15) is 10.2 Å². The zero-order valence-electron chi connectivity index (χ0n) is 14.4. The predicted molar refractivity (Wildman–Crippen MR) is 94.8 cm³/mol. The Morgan fingerprint density at radius 3 is 1.39 bits per heavy atom. The molecule has 0 fully saturated rings. The standard InChI is InChI=1S/2C10H14O.Ca/c2*1-2-3-5-9-6-4-7-10(11)8-9;/h2*4,6-8,11H,2-3,5H2,1H3;/q;;+2/p-2. The molecule has 0 aromatic heterocycles. The SMILES string of the molecule is CCCCc1cccc([O-])c1.CCCCc1cccc([O-])c1.[Ca+2]. The molecule has 0 unspecified atom stereocenters. The van der Waals surface area contributed by atoms with Crippen LogP contribution < -0.4 is 10.2 Å². The molecule has 0 heterocycles. The van der Waals surface area contributed by atoms with Crippen molar-refractivity contribution in [1.29, 1.82) is 0 Å². The molecule has 2 aromatic rings. The smallest absolute Gasteiger partial charge is 0.872 e. The molecular weight excluding hydrogens is 312 g/mol. The van der Waals surface area contributed by atoms with Crippen LogP contribution in [0.4, 0.5) is 0 Å². The van der Waals surface area contributed by atoms with E-state index >= 15 is 0 Å². The van der Waals surface area contributed by atoms with Crippen LogP contribution in [0.25, 0.3) is 0 Å². The van der Waals surface area contributed by atoms with Gasteiger partial charge in [0.15, 0.2) is 0 Å². The summed E-state index contributed by atoms with van der Waals surface area (Å²) >= 11 is 0. The molecule has 2 nitrogen and oxygen atoms in total. The minimum absolute atomic E-state index is 0. The van der Waals surface area contributed by atoms with Crippen LogP contribution in [0.2, 0.25) is 0 Å². The van der Waals surface area contributed by atoms with Gasteiger partial charge in [0.05, 0.1) is 0 Å². The molecule has 0 atom stereocenters. The van der Waals surface area contributed by atoms with E-state index in [2.05, 4.69) is 13.8 Å². The van der Waals surface area contributed by atoms with E-state index in [1.54, 1.807) is 24.3 Å². The summed E-state index contributed by atoms with van der Waals surface area (Å²) in [5, 5.41) is 21.7. The summed E-state index contributed by atoms with van der Waals surface area (Å²) in [4.78, 5) is 0. The van der Waals surface area contributed by atoms with Gasteiger partial charge in [0.1, 0.15) is 0 Å². The second kappa shape index (κ2) is 13.7. The Bertz CT molecular complexity index is 491. The Morgan fingerprint density at radius 1 is 0.696 bits per heavy atom. The first-order valence-corrected chi connectivity index (χ1v) is 8.17. The van der Waals surface area contributed by atoms with Gasteiger partial charge in [0.2, 0.25) is 0 Å². The number of hydrogen-bond donors (Lipinski definition) is 0. The summed E-state index contributed by atoms with van der Waals surface area (Å²) < 4.78 is 0. The van der Waals surface area contributed by atoms with E-state index in [0.29, 0.717) is 0 Å². The van der Waals surface area contributed by atoms with Crippen molar-refractivity contribution >= 4 is 37.7 Å². The predicted octanol–water partition coefficient (Wildman–Crippen LogP) is 3.82. The Hall–Kier alpha value is -0.700. The monoisotopic (exact) mass is 338 g/mol. The van der Waals surface area contributed by atoms with Crippen molar-refractivity contribution in [3.8, 4) is 11.5 Å². The zero-order valence-corrected chi connectivity index (χ0v) is 16.6. The van der Waals surface area contributed by atoms with Gasteiger partial charge < -0.3 is 10.2 Å². The fourth-order valence-electron chi connectivity index (χ4n) is 2.16. The second-order valence-electron chi connectivity index (χ2n) is 5.50. The molecule has 0 spiro atoms. The van der Waals surface area contributed by atoms with Crippen LogP contribution in [0, 0.1) is 0 Å². The Balaban J connectivity index is 0.000000403. The third kappa shape index (κ3) is 10.6. The van der Waals surface area contributed by atoms with Crippen molar-refractivity contribution in [3.63, 3.8) is 0 Å². The third-order valence-electron chi connectivity index (χ3n) is 3.43. The van der Waals surface area contributed by atoms with Crippen LogP contribution in [-0.4, -0.2) is 37.7 Å². The van der Waals surface area contributed by atoms with E-state index in [1.165, 1.54) is 36.8 Å². The average molecular weight is 339 g/mol. The van der Waals surface area contributed by atoms with E-state index in [0.717, 1.165) is 12.8 Å². The van der Waals surface area contributed by atoms with Crippen molar-refractivity contribution in [2.75, 3.05) is 0 Å². The van der Waals surface area contributed by atoms with Gasteiger partial charge >= 0.3 is 37.7 Å². The summed E-state index contributed by atoms with van der Waals surface area (Å²) in [6.07, 6.45) is 6.78. The summed E-state index contributed by atoms with van der Waals surface area (Å²) in [5.41, 5.74) is 2.33. The number of hydrogen-bond acceptors (Lipinski definition) is 2. The number of benzene rings is 2. The first-order chi connectivity index (χ1) is 10.7. The molecule has 2 rings (SSSR count). The second-order valence-corrected chi connectivity index (χ2v) is 5.50. The van der Waals surface area contributed by atoms with Crippen LogP contribution in [0.5, 0.6) is 11.5 Å². The first-order valence-electron chi connectivity index (χ1n) is 8.17. The molecule has 23 heavy (non-hydrogen) atoms. The van der Waals surface area contributed by atoms with Crippen LogP contribution in [0.3, 0.4) is 0 Å². The average Bonchev–Trinajstić information content (AvgIpc) is 2.52. The fourth-order valence-corrected chi connectivity index (χ4v) is 2.16. The molecule has 0 bridgehead atoms. The summed E-state index contributed by atoms with van der Waals surface area (Å²) in [6, 6.07) is 14.3. The van der Waals surface area contributed by atoms with Crippen LogP contribution >= 0.6 is 0 Å². The van der Waals surface area contributed by atoms with E-state index in [4.69, 9.17) is 0 Å². The van der Waals surface area contributed by atoms with E-state index < -0.39 is 0 Å². The number of unbranched alkanes of at least 4 members (excludes halogenated alkanes) is 2. The minimum Gasteiger partial charge on any atom is -0.872 e. The Morgan fingerprint density at radius 2 is 1.09 bits per heavy atom. The first kappa shape index (κ1) is 22.3. The van der Waals surface area contributed by atoms with E-state index in [-0.39, 0.29) is 49.2 Å². The maximum absolute atomic E-state index is 10.9. The van der Waals surface area contributed by atoms with Crippen molar-refractivity contribution in [3.05, 3.63) is 59.7 Å². The number of aryl methyl sites for hydroxylation is 2. The topological polar surface area (TPSA) is 46.1 Å². The zero-order chi connectivity index (χ0) is 16.2. The van der Waals surface area contributed by atoms with Gasteiger partial charge in [-0.3, -0.25) is 0 Å². The Labute approximate surface area is 170 Å². The number of rotatable bonds is 6. The normalized spacial score (nSPS) is 9.48. The van der Waals surface area contributed by atoms with Gasteiger partial charge in [0.25, 0.3) is 0 Å². The van der Waals surface area contributed by atoms with Crippen molar-refractivity contribution in [2.45, 2.75) is 52.4 Å². The van der Waals surface area contributed by atoms with Crippen LogP contribution in [0.15, 0.2) is 48.5 Å². The third-order valence-corrected chi connectivity index (χ3v) is 3.43. The molecule has 0 radical (unpaired) electrons. The van der Waals surface area contributed by atoms with Gasteiger partial charge in [-0.05, 0) is 36.8 Å². The van der Waals surface area contributed by atoms with Crippen LogP contribution in [0.1, 0.15) is 50.7 Å². The maximum atomic E-state index is 10.9. The molecule has 120 valence electrons. The molecule has 0 saturated carbocycles. The molecule has 0 aliphatic heterocycles. The summed E-state index contributed by atoms with van der Waals surface area (Å²) in [6.45, 7) is 4.31. The largest absolute Gasteiger partial charge is 2.00 e. The van der Waals surface area contributed by atoms with Gasteiger partial charge in [0, 0.05) is 0 Å². The molecule has 0 aliphatic rings. The van der Waals surface area contributed by atoms with Gasteiger partial charge in [-0.2, -0.15) is 0 Å². The molecule has 0 saturated heterocycles. The van der Waals surface area contributed by atoms with Crippen molar-refractivity contribution in [1.82, 2.24) is 0 Å². The molecule has 2 aromatic carbocycles. The molecule has 0 N–H and O–H groups in total. The molecule has 0 amide bonds. The minimum atomic E-state index is 0. The van der Waals surface area contributed by atoms with Gasteiger partial charge in [-0.1, -0.05) is 75.2 Å². The van der Waals surface area contributed by atoms with Crippen LogP contribution in [-0.2, 0) is 12.8 Å². The molecular formula is C20H26CaO2. The van der Waals surface area contributed by atoms with Crippen molar-refractivity contribution < 1.29 is 10.2 Å². The summed E-state index contributed by atoms with van der Waals surface area (Å²) in [5.74, 6) is 0.247. The summed E-state index contributed by atoms with van der Waals surface area (Å²) in [7, 11) is 0. The fraction of sp³-hybridized carbons (Fsp3) is 0.400. The molecule has 3 heteroatoms. The van der Waals surface area contributed by atoms with Gasteiger partial charge in [-0.15, -0.1) is 11.5 Å². The van der Waals surface area contributed by atoms with Crippen molar-refractivity contribution in [2.24, 2.45) is 0 Å².